The molecule has 0 radical (unpaired) electrons. The highest BCUT2D eigenvalue weighted by Crippen LogP contribution is 2.53. The molecule has 3 aliphatic rings. The van der Waals surface area contributed by atoms with Crippen LogP contribution in [0.5, 0.6) is 0 Å². The van der Waals surface area contributed by atoms with Crippen molar-refractivity contribution in [1.29, 1.82) is 0 Å². The molecule has 3 atom stereocenters. The minimum atomic E-state index is -1.08. The Hall–Kier alpha value is -3.46. The van der Waals surface area contributed by atoms with Crippen molar-refractivity contribution in [2.45, 2.75) is 18.0 Å². The van der Waals surface area contributed by atoms with Crippen LogP contribution in [0, 0.1) is 11.7 Å². The zero-order valence-corrected chi connectivity index (χ0v) is 17.6. The highest BCUT2D eigenvalue weighted by atomic mass is 19.1. The van der Waals surface area contributed by atoms with Gasteiger partial charge in [-0.3, -0.25) is 14.5 Å². The number of fused-ring (bicyclic) bond motifs is 4. The quantitative estimate of drug-likeness (QED) is 0.670. The van der Waals surface area contributed by atoms with E-state index >= 15 is 0 Å². The van der Waals surface area contributed by atoms with Crippen molar-refractivity contribution in [2.24, 2.45) is 5.92 Å². The number of para-hydroxylation sites is 1. The Morgan fingerprint density at radius 3 is 2.62 bits per heavy atom. The van der Waals surface area contributed by atoms with E-state index in [-0.39, 0.29) is 29.7 Å². The Balaban J connectivity index is 1.43. The summed E-state index contributed by atoms with van der Waals surface area (Å²) in [6.45, 7) is 1.25. The summed E-state index contributed by atoms with van der Waals surface area (Å²) in [5.41, 5.74) is 0.962. The molecule has 3 heterocycles. The Bertz CT molecular complexity index is 1090. The van der Waals surface area contributed by atoms with E-state index in [0.29, 0.717) is 31.7 Å². The van der Waals surface area contributed by atoms with Gasteiger partial charge in [-0.15, -0.1) is 0 Å². The summed E-state index contributed by atoms with van der Waals surface area (Å²) in [5.74, 6) is -1.32. The van der Waals surface area contributed by atoms with Crippen LogP contribution >= 0.6 is 0 Å². The number of nitrogens with one attached hydrogen (secondary N) is 3. The zero-order valence-electron chi connectivity index (χ0n) is 17.6. The Morgan fingerprint density at radius 1 is 1.12 bits per heavy atom. The number of rotatable bonds is 2. The molecule has 0 aromatic heterocycles. The van der Waals surface area contributed by atoms with Crippen molar-refractivity contribution in [3.8, 4) is 0 Å². The van der Waals surface area contributed by atoms with Crippen LogP contribution in [0.1, 0.15) is 12.0 Å². The second-order valence-corrected chi connectivity index (χ2v) is 8.40. The van der Waals surface area contributed by atoms with Crippen LogP contribution in [-0.4, -0.2) is 60.4 Å². The van der Waals surface area contributed by atoms with Gasteiger partial charge in [0.15, 0.2) is 0 Å². The third-order valence-corrected chi connectivity index (χ3v) is 6.83. The molecular weight excluding hydrogens is 413 g/mol. The Kier molecular flexibility index (Phi) is 4.85. The molecule has 2 aromatic carbocycles. The van der Waals surface area contributed by atoms with Crippen molar-refractivity contribution < 1.29 is 18.8 Å². The van der Waals surface area contributed by atoms with E-state index in [4.69, 9.17) is 0 Å². The molecule has 32 heavy (non-hydrogen) atoms. The SMILES string of the molecule is CNC(=O)[C@@H]1C[C@@H]2CN(C(=O)Nc3ccc(F)cc3)CCN2[C@@]12C(=O)Nc1ccccc12. The van der Waals surface area contributed by atoms with Gasteiger partial charge in [-0.1, -0.05) is 18.2 Å². The predicted molar refractivity (Wildman–Crippen MR) is 116 cm³/mol. The number of urea groups is 1. The van der Waals surface area contributed by atoms with E-state index in [1.165, 1.54) is 24.3 Å². The second kappa shape index (κ2) is 7.59. The van der Waals surface area contributed by atoms with Crippen LogP contribution < -0.4 is 16.0 Å². The lowest BCUT2D eigenvalue weighted by molar-refractivity contribution is -0.138. The maximum absolute atomic E-state index is 13.4. The van der Waals surface area contributed by atoms with Gasteiger partial charge in [-0.05, 0) is 36.8 Å². The molecule has 0 bridgehead atoms. The van der Waals surface area contributed by atoms with Crippen molar-refractivity contribution in [1.82, 2.24) is 15.1 Å². The molecule has 9 heteroatoms. The number of amides is 4. The first kappa shape index (κ1) is 20.4. The summed E-state index contributed by atoms with van der Waals surface area (Å²) in [4.78, 5) is 42.9. The van der Waals surface area contributed by atoms with Crippen LogP contribution in [0.25, 0.3) is 0 Å². The maximum Gasteiger partial charge on any atom is 0.321 e. The normalized spacial score (nSPS) is 26.4. The van der Waals surface area contributed by atoms with E-state index < -0.39 is 11.5 Å². The second-order valence-electron chi connectivity index (χ2n) is 8.40. The molecule has 0 aliphatic carbocycles. The summed E-state index contributed by atoms with van der Waals surface area (Å²) >= 11 is 0. The molecule has 3 aliphatic heterocycles. The smallest absolute Gasteiger partial charge is 0.321 e. The molecule has 2 fully saturated rings. The molecule has 0 unspecified atom stereocenters. The average Bonchev–Trinajstić information content (AvgIpc) is 3.30. The molecule has 4 amide bonds. The van der Waals surface area contributed by atoms with Crippen molar-refractivity contribution in [2.75, 3.05) is 37.3 Å². The first-order valence-corrected chi connectivity index (χ1v) is 10.7. The number of benzene rings is 2. The number of hydrogen-bond donors (Lipinski definition) is 3. The molecular formula is C23H24FN5O3. The first-order chi connectivity index (χ1) is 15.4. The third-order valence-electron chi connectivity index (χ3n) is 6.83. The summed E-state index contributed by atoms with van der Waals surface area (Å²) in [6, 6.07) is 12.6. The van der Waals surface area contributed by atoms with Gasteiger partial charge >= 0.3 is 6.03 Å². The standard InChI is InChI=1S/C23H24FN5O3/c1-25-20(30)18-12-16-13-28(22(32)26-15-8-6-14(24)7-9-15)10-11-29(16)23(18)17-4-2-3-5-19(17)27-21(23)31/h2-9,16,18H,10-13H2,1H3,(H,25,30)(H,26,32)(H,27,31)/t16-,18+,23-/m1/s1. The summed E-state index contributed by atoms with van der Waals surface area (Å²) < 4.78 is 13.1. The van der Waals surface area contributed by atoms with E-state index in [2.05, 4.69) is 20.9 Å². The van der Waals surface area contributed by atoms with Gasteiger partial charge in [0.2, 0.25) is 11.8 Å². The van der Waals surface area contributed by atoms with Gasteiger partial charge in [0, 0.05) is 49.7 Å². The van der Waals surface area contributed by atoms with Gasteiger partial charge in [0.1, 0.15) is 11.4 Å². The van der Waals surface area contributed by atoms with E-state index in [1.54, 1.807) is 11.9 Å². The predicted octanol–water partition coefficient (Wildman–Crippen LogP) is 1.96. The van der Waals surface area contributed by atoms with E-state index in [9.17, 15) is 18.8 Å². The van der Waals surface area contributed by atoms with Crippen molar-refractivity contribution >= 4 is 29.2 Å². The first-order valence-electron chi connectivity index (χ1n) is 10.7. The van der Waals surface area contributed by atoms with Crippen molar-refractivity contribution in [3.63, 3.8) is 0 Å². The number of hydrogen-bond acceptors (Lipinski definition) is 4. The van der Waals surface area contributed by atoms with Gasteiger partial charge < -0.3 is 20.9 Å². The van der Waals surface area contributed by atoms with Crippen LogP contribution in [-0.2, 0) is 15.1 Å². The lowest BCUT2D eigenvalue weighted by Crippen LogP contribution is -2.61. The molecule has 8 nitrogen and oxygen atoms in total. The number of carbonyl (C=O) groups excluding carboxylic acids is 3. The van der Waals surface area contributed by atoms with Crippen LogP contribution in [0.2, 0.25) is 0 Å². The Morgan fingerprint density at radius 2 is 1.88 bits per heavy atom. The molecule has 166 valence electrons. The molecule has 2 aromatic rings. The molecule has 1 spiro atoms. The summed E-state index contributed by atoms with van der Waals surface area (Å²) in [6.07, 6.45) is 0.460. The maximum atomic E-state index is 13.4. The lowest BCUT2D eigenvalue weighted by atomic mass is 9.78. The molecule has 2 saturated heterocycles. The number of halogens is 1. The third kappa shape index (κ3) is 2.96. The highest BCUT2D eigenvalue weighted by Gasteiger charge is 2.65. The molecule has 5 rings (SSSR count). The minimum absolute atomic E-state index is 0.151. The molecule has 0 saturated carbocycles. The molecule has 3 N–H and O–H groups in total. The average molecular weight is 437 g/mol. The Labute approximate surface area is 184 Å². The van der Waals surface area contributed by atoms with Crippen LogP contribution in [0.4, 0.5) is 20.6 Å². The van der Waals surface area contributed by atoms with E-state index in [0.717, 1.165) is 11.3 Å². The number of anilines is 2. The largest absolute Gasteiger partial charge is 0.359 e. The number of carbonyl (C=O) groups is 3. The number of piperazine rings is 1. The fraction of sp³-hybridized carbons (Fsp3) is 0.348. The fourth-order valence-electron chi connectivity index (χ4n) is 5.45. The van der Waals surface area contributed by atoms with Gasteiger partial charge in [-0.25, -0.2) is 9.18 Å². The fourth-order valence-corrected chi connectivity index (χ4v) is 5.45. The number of nitrogens with zero attached hydrogens (tertiary/aromatic N) is 2. The van der Waals surface area contributed by atoms with Gasteiger partial charge in [0.25, 0.3) is 0 Å². The minimum Gasteiger partial charge on any atom is -0.359 e. The van der Waals surface area contributed by atoms with E-state index in [1.807, 2.05) is 24.3 Å². The zero-order chi connectivity index (χ0) is 22.5. The summed E-state index contributed by atoms with van der Waals surface area (Å²) in [5, 5.41) is 8.47. The van der Waals surface area contributed by atoms with Gasteiger partial charge in [-0.2, -0.15) is 0 Å². The lowest BCUT2D eigenvalue weighted by Gasteiger charge is -2.44. The highest BCUT2D eigenvalue weighted by molar-refractivity contribution is 6.09. The summed E-state index contributed by atoms with van der Waals surface area (Å²) in [7, 11) is 1.58. The van der Waals surface area contributed by atoms with Crippen LogP contribution in [0.3, 0.4) is 0 Å². The topological polar surface area (TPSA) is 93.8 Å². The van der Waals surface area contributed by atoms with Gasteiger partial charge in [0.05, 0.1) is 5.92 Å². The van der Waals surface area contributed by atoms with Crippen LogP contribution in [0.15, 0.2) is 48.5 Å². The monoisotopic (exact) mass is 437 g/mol. The van der Waals surface area contributed by atoms with Crippen molar-refractivity contribution in [3.05, 3.63) is 59.9 Å².